The van der Waals surface area contributed by atoms with Gasteiger partial charge in [-0.3, -0.25) is 0 Å². The van der Waals surface area contributed by atoms with Gasteiger partial charge in [0.1, 0.15) is 10.6 Å². The number of nitrogens with zero attached hydrogens (tertiary/aromatic N) is 3. The van der Waals surface area contributed by atoms with E-state index in [1.165, 1.54) is 12.5 Å². The zero-order valence-electron chi connectivity index (χ0n) is 17.8. The highest BCUT2D eigenvalue weighted by Gasteiger charge is 2.26. The van der Waals surface area contributed by atoms with E-state index in [1.807, 2.05) is 24.3 Å². The van der Waals surface area contributed by atoms with Crippen LogP contribution in [0.25, 0.3) is 11.5 Å². The molecule has 31 heavy (non-hydrogen) atoms. The standard InChI is InChI=1S/C22H28N4O4S/c1-3-5-12-26(13-6-4-2)19-14-17(22-25-24-16-29-22)15-20(31(23,27)28)21(19)30-18-10-8-7-9-11-18/h7-11,14-16H,3-6,12-13H2,1-2H3,(H2,23,27,28). The lowest BCUT2D eigenvalue weighted by molar-refractivity contribution is 0.465. The van der Waals surface area contributed by atoms with Crippen molar-refractivity contribution in [3.05, 3.63) is 48.9 Å². The number of sulfonamides is 1. The van der Waals surface area contributed by atoms with Crippen molar-refractivity contribution in [2.45, 2.75) is 44.4 Å². The first-order valence-electron chi connectivity index (χ1n) is 10.4. The Labute approximate surface area is 183 Å². The van der Waals surface area contributed by atoms with Gasteiger partial charge in [-0.1, -0.05) is 44.9 Å². The van der Waals surface area contributed by atoms with Crippen molar-refractivity contribution in [3.8, 4) is 23.0 Å². The number of aromatic nitrogens is 2. The SMILES string of the molecule is CCCCN(CCCC)c1cc(-c2nnco2)cc(S(N)(=O)=O)c1Oc1ccccc1. The van der Waals surface area contributed by atoms with Crippen LogP contribution in [-0.4, -0.2) is 31.7 Å². The van der Waals surface area contributed by atoms with E-state index in [4.69, 9.17) is 14.3 Å². The van der Waals surface area contributed by atoms with Crippen LogP contribution in [0, 0.1) is 0 Å². The molecule has 0 atom stereocenters. The van der Waals surface area contributed by atoms with Gasteiger partial charge in [0.15, 0.2) is 5.75 Å². The quantitative estimate of drug-likeness (QED) is 0.460. The molecule has 2 aromatic carbocycles. The fraction of sp³-hybridized carbons (Fsp3) is 0.364. The van der Waals surface area contributed by atoms with Crippen LogP contribution in [0.3, 0.4) is 0 Å². The Morgan fingerprint density at radius 3 is 2.29 bits per heavy atom. The Kier molecular flexibility index (Phi) is 7.64. The average Bonchev–Trinajstić information content (AvgIpc) is 3.29. The molecule has 2 N–H and O–H groups in total. The van der Waals surface area contributed by atoms with E-state index in [9.17, 15) is 8.42 Å². The normalized spacial score (nSPS) is 11.5. The van der Waals surface area contributed by atoms with Crippen molar-refractivity contribution >= 4 is 15.7 Å². The third kappa shape index (κ3) is 5.83. The van der Waals surface area contributed by atoms with Crippen LogP contribution in [0.15, 0.2) is 58.2 Å². The monoisotopic (exact) mass is 444 g/mol. The molecule has 0 saturated heterocycles. The number of rotatable bonds is 11. The number of anilines is 1. The molecule has 0 fully saturated rings. The summed E-state index contributed by atoms with van der Waals surface area (Å²) in [5, 5.41) is 13.3. The Bertz CT molecular complexity index is 1060. The molecule has 0 radical (unpaired) electrons. The van der Waals surface area contributed by atoms with Crippen molar-refractivity contribution in [3.63, 3.8) is 0 Å². The molecule has 0 amide bonds. The highest BCUT2D eigenvalue weighted by Crippen LogP contribution is 2.41. The maximum atomic E-state index is 12.6. The van der Waals surface area contributed by atoms with Crippen molar-refractivity contribution in [2.24, 2.45) is 5.14 Å². The number of nitrogens with two attached hydrogens (primary N) is 1. The average molecular weight is 445 g/mol. The van der Waals surface area contributed by atoms with E-state index in [0.29, 0.717) is 17.0 Å². The van der Waals surface area contributed by atoms with Gasteiger partial charge >= 0.3 is 0 Å². The molecule has 1 aromatic heterocycles. The number of hydrogen-bond donors (Lipinski definition) is 1. The van der Waals surface area contributed by atoms with Crippen LogP contribution in [0.1, 0.15) is 39.5 Å². The lowest BCUT2D eigenvalue weighted by Crippen LogP contribution is -2.27. The second-order valence-corrected chi connectivity index (χ2v) is 8.75. The van der Waals surface area contributed by atoms with E-state index in [1.54, 1.807) is 12.1 Å². The zero-order valence-corrected chi connectivity index (χ0v) is 18.6. The summed E-state index contributed by atoms with van der Waals surface area (Å²) in [5.74, 6) is 0.928. The van der Waals surface area contributed by atoms with E-state index >= 15 is 0 Å². The molecule has 0 unspecified atom stereocenters. The summed E-state index contributed by atoms with van der Waals surface area (Å²) in [6.07, 6.45) is 5.10. The molecule has 166 valence electrons. The number of unbranched alkanes of at least 4 members (excludes halogenated alkanes) is 2. The zero-order chi connectivity index (χ0) is 22.3. The van der Waals surface area contributed by atoms with Gasteiger partial charge in [0, 0.05) is 18.7 Å². The van der Waals surface area contributed by atoms with E-state index in [-0.39, 0.29) is 16.5 Å². The first-order chi connectivity index (χ1) is 14.9. The highest BCUT2D eigenvalue weighted by molar-refractivity contribution is 7.89. The molecular weight excluding hydrogens is 416 g/mol. The second kappa shape index (κ2) is 10.4. The number of benzene rings is 2. The number of hydrogen-bond acceptors (Lipinski definition) is 7. The summed E-state index contributed by atoms with van der Waals surface area (Å²) in [6, 6.07) is 12.3. The van der Waals surface area contributed by atoms with Crippen molar-refractivity contribution in [2.75, 3.05) is 18.0 Å². The molecule has 0 bridgehead atoms. The van der Waals surface area contributed by atoms with Gasteiger partial charge < -0.3 is 14.1 Å². The Hall–Kier alpha value is -2.91. The molecule has 1 heterocycles. The van der Waals surface area contributed by atoms with E-state index < -0.39 is 10.0 Å². The minimum Gasteiger partial charge on any atom is -0.454 e. The van der Waals surface area contributed by atoms with Crippen LogP contribution in [-0.2, 0) is 10.0 Å². The largest absolute Gasteiger partial charge is 0.454 e. The van der Waals surface area contributed by atoms with Gasteiger partial charge in [-0.2, -0.15) is 0 Å². The van der Waals surface area contributed by atoms with Gasteiger partial charge in [-0.05, 0) is 37.1 Å². The molecule has 3 aromatic rings. The summed E-state index contributed by atoms with van der Waals surface area (Å²) in [5.41, 5.74) is 1.10. The van der Waals surface area contributed by atoms with Crippen molar-refractivity contribution in [1.29, 1.82) is 0 Å². The van der Waals surface area contributed by atoms with Gasteiger partial charge in [-0.25, -0.2) is 13.6 Å². The predicted octanol–water partition coefficient (Wildman–Crippen LogP) is 4.58. The molecule has 3 rings (SSSR count). The van der Waals surface area contributed by atoms with Crippen molar-refractivity contribution in [1.82, 2.24) is 10.2 Å². The first-order valence-corrected chi connectivity index (χ1v) is 11.9. The van der Waals surface area contributed by atoms with E-state index in [2.05, 4.69) is 28.9 Å². The highest BCUT2D eigenvalue weighted by atomic mass is 32.2. The smallest absolute Gasteiger partial charge is 0.247 e. The first kappa shape index (κ1) is 22.8. The summed E-state index contributed by atoms with van der Waals surface area (Å²) in [4.78, 5) is 2.01. The van der Waals surface area contributed by atoms with Gasteiger partial charge in [-0.15, -0.1) is 10.2 Å². The third-order valence-corrected chi connectivity index (χ3v) is 5.73. The number of ether oxygens (including phenoxy) is 1. The number of primary sulfonamides is 1. The molecule has 0 saturated carbocycles. The lowest BCUT2D eigenvalue weighted by atomic mass is 10.1. The molecule has 9 heteroatoms. The topological polar surface area (TPSA) is 112 Å². The molecule has 0 aliphatic carbocycles. The lowest BCUT2D eigenvalue weighted by Gasteiger charge is -2.28. The third-order valence-electron chi connectivity index (χ3n) is 4.82. The molecule has 0 aliphatic rings. The molecule has 0 aliphatic heterocycles. The van der Waals surface area contributed by atoms with Gasteiger partial charge in [0.2, 0.25) is 22.3 Å². The van der Waals surface area contributed by atoms with Gasteiger partial charge in [0.25, 0.3) is 0 Å². The second-order valence-electron chi connectivity index (χ2n) is 7.22. The molecule has 0 spiro atoms. The van der Waals surface area contributed by atoms with Crippen LogP contribution < -0.4 is 14.8 Å². The van der Waals surface area contributed by atoms with E-state index in [0.717, 1.165) is 38.8 Å². The fourth-order valence-electron chi connectivity index (χ4n) is 3.22. The summed E-state index contributed by atoms with van der Waals surface area (Å²) >= 11 is 0. The van der Waals surface area contributed by atoms with Gasteiger partial charge in [0.05, 0.1) is 5.69 Å². The fourth-order valence-corrected chi connectivity index (χ4v) is 3.91. The van der Waals surface area contributed by atoms with Crippen LogP contribution >= 0.6 is 0 Å². The Morgan fingerprint density at radius 1 is 1.06 bits per heavy atom. The molecular formula is C22H28N4O4S. The minimum atomic E-state index is -4.11. The van der Waals surface area contributed by atoms with Crippen LogP contribution in [0.5, 0.6) is 11.5 Å². The minimum absolute atomic E-state index is 0.125. The number of para-hydroxylation sites is 1. The summed E-state index contributed by atoms with van der Waals surface area (Å²) in [6.45, 7) is 5.73. The Balaban J connectivity index is 2.22. The maximum Gasteiger partial charge on any atom is 0.247 e. The molecule has 8 nitrogen and oxygen atoms in total. The summed E-state index contributed by atoms with van der Waals surface area (Å²) < 4.78 is 36.6. The predicted molar refractivity (Wildman–Crippen MR) is 120 cm³/mol. The van der Waals surface area contributed by atoms with Crippen LogP contribution in [0.4, 0.5) is 5.69 Å². The van der Waals surface area contributed by atoms with Crippen LogP contribution in [0.2, 0.25) is 0 Å². The summed E-state index contributed by atoms with van der Waals surface area (Å²) in [7, 11) is -4.11. The maximum absolute atomic E-state index is 12.6. The van der Waals surface area contributed by atoms with Crippen molar-refractivity contribution < 1.29 is 17.6 Å². The Morgan fingerprint density at radius 2 is 1.74 bits per heavy atom.